The van der Waals surface area contributed by atoms with Crippen LogP contribution in [0.5, 0.6) is 0 Å². The topological polar surface area (TPSA) is 85.6 Å². The normalized spacial score (nSPS) is 11.1. The molecule has 1 N–H and O–H groups in total. The van der Waals surface area contributed by atoms with Gasteiger partial charge in [0.1, 0.15) is 0 Å². The minimum atomic E-state index is -0.448. The fourth-order valence-corrected chi connectivity index (χ4v) is 6.21. The number of carbonyl (C=O) groups excluding carboxylic acids is 1. The predicted octanol–water partition coefficient (Wildman–Crippen LogP) is 0.954. The summed E-state index contributed by atoms with van der Waals surface area (Å²) in [6.07, 6.45) is 0. The molecule has 2 heterocycles. The number of rotatable bonds is 7. The Morgan fingerprint density at radius 3 is 2.61 bits per heavy atom. The van der Waals surface area contributed by atoms with Crippen LogP contribution >= 0.6 is 23.1 Å². The standard InChI is InChI=1S/C19H14F2IN6OS2/c1-22-28-16(11-6-8-12(20)9-7-11)24-27-19(28)30-10-15(29)23-18-26-25-17(31-18)13-4-2-3-5-14(13)21/h2-9H,10H2,1H3,(H,23,26,29)/q-1. The van der Waals surface area contributed by atoms with Gasteiger partial charge in [-0.1, -0.05) is 6.07 Å². The summed E-state index contributed by atoms with van der Waals surface area (Å²) in [6.45, 7) is 0. The molecule has 0 fully saturated rings. The number of amides is 1. The van der Waals surface area contributed by atoms with Crippen molar-refractivity contribution in [3.8, 4) is 22.0 Å². The van der Waals surface area contributed by atoms with Crippen LogP contribution in [0.15, 0.2) is 53.7 Å². The van der Waals surface area contributed by atoms with Crippen LogP contribution in [-0.2, 0) is 4.79 Å². The summed E-state index contributed by atoms with van der Waals surface area (Å²) in [5, 5.41) is 20.2. The Hall–Kier alpha value is -2.45. The summed E-state index contributed by atoms with van der Waals surface area (Å²) in [4.78, 5) is 14.4. The van der Waals surface area contributed by atoms with Gasteiger partial charge in [-0.2, -0.15) is 0 Å². The third kappa shape index (κ3) is 5.07. The monoisotopic (exact) mass is 571 g/mol. The first-order valence-corrected chi connectivity index (χ1v) is 13.7. The number of hydrogen-bond donors (Lipinski definition) is 1. The van der Waals surface area contributed by atoms with Gasteiger partial charge < -0.3 is 0 Å². The maximum absolute atomic E-state index is 13.9. The molecule has 2 aromatic heterocycles. The van der Waals surface area contributed by atoms with Gasteiger partial charge in [0.25, 0.3) is 0 Å². The molecule has 0 radical (unpaired) electrons. The second-order valence-corrected chi connectivity index (χ2v) is 9.84. The van der Waals surface area contributed by atoms with Gasteiger partial charge in [0, 0.05) is 0 Å². The summed E-state index contributed by atoms with van der Waals surface area (Å²) in [7, 11) is 0. The molecule has 1 amide bonds. The summed E-state index contributed by atoms with van der Waals surface area (Å²) in [6, 6.07) is 12.3. The first kappa shape index (κ1) is 21.8. The third-order valence-electron chi connectivity index (χ3n) is 3.96. The van der Waals surface area contributed by atoms with Crippen molar-refractivity contribution in [2.24, 2.45) is 0 Å². The van der Waals surface area contributed by atoms with Crippen molar-refractivity contribution in [2.45, 2.75) is 5.16 Å². The molecule has 2 aromatic carbocycles. The van der Waals surface area contributed by atoms with E-state index in [1.807, 2.05) is 7.71 Å². The van der Waals surface area contributed by atoms with E-state index in [4.69, 9.17) is 0 Å². The van der Waals surface area contributed by atoms with Crippen molar-refractivity contribution < 1.29 is 35.1 Å². The van der Waals surface area contributed by atoms with Gasteiger partial charge in [-0.25, -0.2) is 0 Å². The second kappa shape index (κ2) is 9.78. The minimum absolute atomic E-state index is 0.0971. The van der Waals surface area contributed by atoms with Gasteiger partial charge in [-0.3, -0.25) is 0 Å². The number of halogens is 3. The van der Waals surface area contributed by atoms with Crippen LogP contribution in [0.3, 0.4) is 0 Å². The number of carbonyl (C=O) groups is 1. The fourth-order valence-electron chi connectivity index (χ4n) is 2.57. The SMILES string of the molecule is C[I-]n1c(SCC(=O)Nc2nnc(-c3ccccc3F)s2)nnc1-c1ccc(F)cc1. The number of nitrogens with one attached hydrogen (secondary N) is 1. The van der Waals surface area contributed by atoms with Crippen molar-refractivity contribution in [1.29, 1.82) is 0 Å². The average Bonchev–Trinajstić information content (AvgIpc) is 3.40. The molecular formula is C19H14F2IN6OS2-. The van der Waals surface area contributed by atoms with Crippen molar-refractivity contribution >= 4 is 34.1 Å². The summed E-state index contributed by atoms with van der Waals surface area (Å²) >= 11 is 1.90. The number of thioether (sulfide) groups is 1. The number of aromatic nitrogens is 5. The van der Waals surface area contributed by atoms with E-state index in [2.05, 4.69) is 25.7 Å². The zero-order valence-corrected chi connectivity index (χ0v) is 19.7. The zero-order chi connectivity index (χ0) is 21.8. The molecule has 0 aliphatic carbocycles. The Morgan fingerprint density at radius 2 is 1.87 bits per heavy atom. The number of alkyl halides is 1. The second-order valence-electron chi connectivity index (χ2n) is 5.99. The number of anilines is 1. The van der Waals surface area contributed by atoms with Gasteiger partial charge >= 0.3 is 190 Å². The van der Waals surface area contributed by atoms with Crippen LogP contribution in [0.2, 0.25) is 0 Å². The van der Waals surface area contributed by atoms with Crippen molar-refractivity contribution in [3.05, 3.63) is 60.2 Å². The van der Waals surface area contributed by atoms with Crippen LogP contribution in [0.25, 0.3) is 22.0 Å². The van der Waals surface area contributed by atoms with E-state index >= 15 is 0 Å². The Morgan fingerprint density at radius 1 is 1.10 bits per heavy atom. The molecule has 12 heteroatoms. The van der Waals surface area contributed by atoms with E-state index in [1.165, 1.54) is 30.0 Å². The first-order valence-electron chi connectivity index (χ1n) is 8.77. The van der Waals surface area contributed by atoms with E-state index in [1.54, 1.807) is 30.3 Å². The van der Waals surface area contributed by atoms with E-state index in [0.717, 1.165) is 16.9 Å². The third-order valence-corrected chi connectivity index (χ3v) is 7.97. The van der Waals surface area contributed by atoms with Gasteiger partial charge in [0.2, 0.25) is 0 Å². The number of hydrogen-bond acceptors (Lipinski definition) is 7. The van der Waals surface area contributed by atoms with Crippen molar-refractivity contribution in [3.63, 3.8) is 0 Å². The molecule has 0 aliphatic rings. The van der Waals surface area contributed by atoms with Crippen molar-refractivity contribution in [2.75, 3.05) is 16.0 Å². The molecule has 0 atom stereocenters. The van der Waals surface area contributed by atoms with Crippen LogP contribution < -0.4 is 26.8 Å². The molecular weight excluding hydrogens is 557 g/mol. The fraction of sp³-hybridized carbons (Fsp3) is 0.105. The van der Waals surface area contributed by atoms with E-state index in [-0.39, 0.29) is 17.5 Å². The Labute approximate surface area is 194 Å². The Bertz CT molecular complexity index is 1210. The molecule has 4 rings (SSSR count). The Kier molecular flexibility index (Phi) is 6.87. The molecule has 0 unspecified atom stereocenters. The first-order chi connectivity index (χ1) is 15.0. The summed E-state index contributed by atoms with van der Waals surface area (Å²) < 4.78 is 29.0. The maximum atomic E-state index is 13.9. The quantitative estimate of drug-likeness (QED) is 0.202. The van der Waals surface area contributed by atoms with Gasteiger partial charge in [-0.15, -0.1) is 0 Å². The molecule has 31 heavy (non-hydrogen) atoms. The molecule has 0 saturated heterocycles. The van der Waals surface area contributed by atoms with Crippen molar-refractivity contribution in [1.82, 2.24) is 23.2 Å². The average molecular weight is 571 g/mol. The zero-order valence-electron chi connectivity index (χ0n) is 15.9. The molecule has 0 aliphatic heterocycles. The number of benzene rings is 2. The van der Waals surface area contributed by atoms with Crippen LogP contribution in [0.4, 0.5) is 13.9 Å². The van der Waals surface area contributed by atoms with Crippen LogP contribution in [-0.4, -0.2) is 39.8 Å². The predicted molar refractivity (Wildman–Crippen MR) is 111 cm³/mol. The molecule has 4 aromatic rings. The van der Waals surface area contributed by atoms with Gasteiger partial charge in [0.05, 0.1) is 0 Å². The molecule has 0 saturated carbocycles. The van der Waals surface area contributed by atoms with Crippen LogP contribution in [0.1, 0.15) is 0 Å². The van der Waals surface area contributed by atoms with E-state index in [9.17, 15) is 13.6 Å². The van der Waals surface area contributed by atoms with Crippen LogP contribution in [0, 0.1) is 11.6 Å². The summed E-state index contributed by atoms with van der Waals surface area (Å²) in [5.41, 5.74) is 1.10. The van der Waals surface area contributed by atoms with E-state index < -0.39 is 27.3 Å². The van der Waals surface area contributed by atoms with Gasteiger partial charge in [-0.05, 0) is 0 Å². The molecule has 7 nitrogen and oxygen atoms in total. The summed E-state index contributed by atoms with van der Waals surface area (Å²) in [5.74, 6) is -0.251. The van der Waals surface area contributed by atoms with E-state index in [0.29, 0.717) is 26.7 Å². The Balaban J connectivity index is 1.40. The van der Waals surface area contributed by atoms with Gasteiger partial charge in [0.15, 0.2) is 0 Å². The molecule has 0 spiro atoms. The number of nitrogens with zero attached hydrogens (tertiary/aromatic N) is 5. The molecule has 0 bridgehead atoms. The molecule has 160 valence electrons.